The van der Waals surface area contributed by atoms with Gasteiger partial charge in [0.05, 0.1) is 10.0 Å². The van der Waals surface area contributed by atoms with Crippen molar-refractivity contribution in [1.82, 2.24) is 4.98 Å². The molecule has 2 rings (SSSR count). The third-order valence-corrected chi connectivity index (χ3v) is 3.53. The number of nitrogens with one attached hydrogen (secondary N) is 1. The van der Waals surface area contributed by atoms with Crippen LogP contribution in [-0.4, -0.2) is 4.98 Å². The average molecular weight is 350 g/mol. The van der Waals surface area contributed by atoms with Gasteiger partial charge in [0.2, 0.25) is 0 Å². The van der Waals surface area contributed by atoms with E-state index < -0.39 is 0 Å². The van der Waals surface area contributed by atoms with Crippen molar-refractivity contribution in [1.29, 1.82) is 0 Å². The molecule has 2 aromatic rings. The highest BCUT2D eigenvalue weighted by atomic mass is 79.9. The summed E-state index contributed by atoms with van der Waals surface area (Å²) < 4.78 is 13.9. The minimum absolute atomic E-state index is 0.287. The first kappa shape index (κ1) is 13.6. The van der Waals surface area contributed by atoms with Crippen molar-refractivity contribution in [3.8, 4) is 0 Å². The van der Waals surface area contributed by atoms with Crippen LogP contribution in [0.3, 0.4) is 0 Å². The molecule has 0 bridgehead atoms. The lowest BCUT2D eigenvalue weighted by Gasteiger charge is -2.09. The fraction of sp³-hybridized carbons (Fsp3) is 0.0833. The molecule has 0 aliphatic rings. The van der Waals surface area contributed by atoms with Gasteiger partial charge in [-0.05, 0) is 29.8 Å². The van der Waals surface area contributed by atoms with Gasteiger partial charge in [0.25, 0.3) is 0 Å². The first-order valence-electron chi connectivity index (χ1n) is 5.05. The monoisotopic (exact) mass is 348 g/mol. The van der Waals surface area contributed by atoms with E-state index in [1.807, 2.05) is 0 Å². The van der Waals surface area contributed by atoms with Crippen LogP contribution in [0, 0.1) is 5.82 Å². The van der Waals surface area contributed by atoms with Gasteiger partial charge in [-0.2, -0.15) is 0 Å². The van der Waals surface area contributed by atoms with Gasteiger partial charge < -0.3 is 5.32 Å². The average Bonchev–Trinajstić information content (AvgIpc) is 2.32. The highest BCUT2D eigenvalue weighted by Gasteiger charge is 2.05. The quantitative estimate of drug-likeness (QED) is 0.852. The van der Waals surface area contributed by atoms with Crippen molar-refractivity contribution in [2.24, 2.45) is 0 Å². The number of rotatable bonds is 3. The predicted molar refractivity (Wildman–Crippen MR) is 75.7 cm³/mol. The molecule has 0 saturated heterocycles. The molecule has 1 N–H and O–H groups in total. The summed E-state index contributed by atoms with van der Waals surface area (Å²) in [7, 11) is 0. The zero-order chi connectivity index (χ0) is 13.1. The molecule has 1 heterocycles. The van der Waals surface area contributed by atoms with Crippen molar-refractivity contribution in [2.75, 3.05) is 5.32 Å². The maximum absolute atomic E-state index is 13.1. The molecule has 0 amide bonds. The fourth-order valence-corrected chi connectivity index (χ4v) is 2.24. The summed E-state index contributed by atoms with van der Waals surface area (Å²) in [6.45, 7) is 0.409. The van der Waals surface area contributed by atoms with Gasteiger partial charge in [-0.1, -0.05) is 39.1 Å². The third kappa shape index (κ3) is 3.34. The minimum Gasteiger partial charge on any atom is -0.365 e. The van der Waals surface area contributed by atoms with Gasteiger partial charge in [-0.15, -0.1) is 0 Å². The van der Waals surface area contributed by atoms with Gasteiger partial charge in [0.15, 0.2) is 0 Å². The third-order valence-electron chi connectivity index (χ3n) is 2.26. The zero-order valence-corrected chi connectivity index (χ0v) is 12.2. The van der Waals surface area contributed by atoms with Gasteiger partial charge in [0.1, 0.15) is 11.6 Å². The Hall–Kier alpha value is -0.840. The molecule has 0 unspecified atom stereocenters. The van der Waals surface area contributed by atoms with Gasteiger partial charge >= 0.3 is 0 Å². The Morgan fingerprint density at radius 2 is 2.06 bits per heavy atom. The molecule has 6 heteroatoms. The Balaban J connectivity index is 2.13. The normalized spacial score (nSPS) is 10.4. The van der Waals surface area contributed by atoms with E-state index in [1.54, 1.807) is 12.1 Å². The second kappa shape index (κ2) is 5.87. The molecule has 2 nitrogen and oxygen atoms in total. The van der Waals surface area contributed by atoms with Crippen LogP contribution < -0.4 is 5.32 Å². The SMILES string of the molecule is Fc1ccc(Br)c(CNc2ncc(Cl)cc2Cl)c1. The number of benzene rings is 1. The molecule has 0 aliphatic carbocycles. The van der Waals surface area contributed by atoms with Gasteiger partial charge in [0, 0.05) is 17.2 Å². The van der Waals surface area contributed by atoms with E-state index >= 15 is 0 Å². The Kier molecular flexibility index (Phi) is 4.43. The molecule has 0 atom stereocenters. The smallest absolute Gasteiger partial charge is 0.145 e. The maximum atomic E-state index is 13.1. The van der Waals surface area contributed by atoms with E-state index in [4.69, 9.17) is 23.2 Å². The molecular formula is C12H8BrCl2FN2. The second-order valence-corrected chi connectivity index (χ2v) is 5.27. The summed E-state index contributed by atoms with van der Waals surface area (Å²) in [5, 5.41) is 3.92. The number of pyridine rings is 1. The van der Waals surface area contributed by atoms with E-state index in [1.165, 1.54) is 18.3 Å². The van der Waals surface area contributed by atoms with E-state index in [0.717, 1.165) is 10.0 Å². The van der Waals surface area contributed by atoms with Crippen LogP contribution in [-0.2, 0) is 6.54 Å². The van der Waals surface area contributed by atoms with Gasteiger partial charge in [-0.25, -0.2) is 9.37 Å². The molecular weight excluding hydrogens is 342 g/mol. The number of halogens is 4. The topological polar surface area (TPSA) is 24.9 Å². The molecule has 0 saturated carbocycles. The maximum Gasteiger partial charge on any atom is 0.145 e. The summed E-state index contributed by atoms with van der Waals surface area (Å²) >= 11 is 15.1. The summed E-state index contributed by atoms with van der Waals surface area (Å²) in [5.41, 5.74) is 0.780. The van der Waals surface area contributed by atoms with E-state index in [-0.39, 0.29) is 5.82 Å². The number of anilines is 1. The number of nitrogens with zero attached hydrogens (tertiary/aromatic N) is 1. The second-order valence-electron chi connectivity index (χ2n) is 3.57. The Morgan fingerprint density at radius 3 is 2.78 bits per heavy atom. The standard InChI is InChI=1S/C12H8BrCl2FN2/c13-10-2-1-9(16)3-7(10)5-17-12-11(15)4-8(14)6-18-12/h1-4,6H,5H2,(H,17,18). The van der Waals surface area contributed by atoms with E-state index in [0.29, 0.717) is 22.4 Å². The first-order chi connectivity index (χ1) is 8.56. The highest BCUT2D eigenvalue weighted by Crippen LogP contribution is 2.24. The largest absolute Gasteiger partial charge is 0.365 e. The minimum atomic E-state index is -0.287. The van der Waals surface area contributed by atoms with Crippen LogP contribution in [0.4, 0.5) is 10.2 Å². The molecule has 0 radical (unpaired) electrons. The summed E-state index contributed by atoms with van der Waals surface area (Å²) in [6.07, 6.45) is 1.50. The van der Waals surface area contributed by atoms with Crippen LogP contribution in [0.15, 0.2) is 34.9 Å². The lowest BCUT2D eigenvalue weighted by molar-refractivity contribution is 0.625. The van der Waals surface area contributed by atoms with Crippen LogP contribution in [0.5, 0.6) is 0 Å². The van der Waals surface area contributed by atoms with Crippen molar-refractivity contribution in [2.45, 2.75) is 6.54 Å². The lowest BCUT2D eigenvalue weighted by atomic mass is 10.2. The summed E-state index contributed by atoms with van der Waals surface area (Å²) in [5.74, 6) is 0.224. The molecule has 94 valence electrons. The van der Waals surface area contributed by atoms with Crippen molar-refractivity contribution >= 4 is 44.9 Å². The number of hydrogen-bond acceptors (Lipinski definition) is 2. The van der Waals surface area contributed by atoms with E-state index in [9.17, 15) is 4.39 Å². The predicted octanol–water partition coefficient (Wildman–Crippen LogP) is 4.90. The highest BCUT2D eigenvalue weighted by molar-refractivity contribution is 9.10. The first-order valence-corrected chi connectivity index (χ1v) is 6.60. The van der Waals surface area contributed by atoms with Crippen LogP contribution in [0.2, 0.25) is 10.0 Å². The van der Waals surface area contributed by atoms with Crippen molar-refractivity contribution in [3.05, 3.63) is 56.4 Å². The van der Waals surface area contributed by atoms with Gasteiger partial charge in [-0.3, -0.25) is 0 Å². The summed E-state index contributed by atoms with van der Waals surface area (Å²) in [6, 6.07) is 6.09. The van der Waals surface area contributed by atoms with Crippen LogP contribution >= 0.6 is 39.1 Å². The molecule has 1 aromatic heterocycles. The summed E-state index contributed by atoms with van der Waals surface area (Å²) in [4.78, 5) is 4.06. The molecule has 0 aliphatic heterocycles. The molecule has 18 heavy (non-hydrogen) atoms. The van der Waals surface area contributed by atoms with Crippen LogP contribution in [0.1, 0.15) is 5.56 Å². The Bertz CT molecular complexity index is 578. The molecule has 0 fully saturated rings. The van der Waals surface area contributed by atoms with Crippen molar-refractivity contribution < 1.29 is 4.39 Å². The molecule has 1 aromatic carbocycles. The number of hydrogen-bond donors (Lipinski definition) is 1. The fourth-order valence-electron chi connectivity index (χ4n) is 1.40. The Morgan fingerprint density at radius 1 is 1.28 bits per heavy atom. The lowest BCUT2D eigenvalue weighted by Crippen LogP contribution is -2.03. The van der Waals surface area contributed by atoms with Crippen LogP contribution in [0.25, 0.3) is 0 Å². The number of aromatic nitrogens is 1. The van der Waals surface area contributed by atoms with E-state index in [2.05, 4.69) is 26.2 Å². The molecule has 0 spiro atoms. The van der Waals surface area contributed by atoms with Crippen molar-refractivity contribution in [3.63, 3.8) is 0 Å². The zero-order valence-electron chi connectivity index (χ0n) is 9.05. The Labute approximate surface area is 122 Å².